The van der Waals surface area contributed by atoms with Crippen molar-refractivity contribution in [1.82, 2.24) is 4.90 Å². The fourth-order valence-corrected chi connectivity index (χ4v) is 3.91. The van der Waals surface area contributed by atoms with Gasteiger partial charge in [-0.2, -0.15) is 0 Å². The maximum absolute atomic E-state index is 12.8. The van der Waals surface area contributed by atoms with Gasteiger partial charge in [-0.3, -0.25) is 4.79 Å². The van der Waals surface area contributed by atoms with E-state index in [-0.39, 0.29) is 11.9 Å². The highest BCUT2D eigenvalue weighted by Gasteiger charge is 2.48. The van der Waals surface area contributed by atoms with Gasteiger partial charge in [0.15, 0.2) is 5.60 Å². The Kier molecular flexibility index (Phi) is 4.15. The number of likely N-dealkylation sites (tertiary alicyclic amines) is 1. The molecule has 1 fully saturated rings. The Morgan fingerprint density at radius 3 is 2.73 bits per heavy atom. The lowest BCUT2D eigenvalue weighted by atomic mass is 9.85. The minimum Gasteiger partial charge on any atom is -0.497 e. The van der Waals surface area contributed by atoms with Gasteiger partial charge < -0.3 is 14.4 Å². The predicted octanol–water partition coefficient (Wildman–Crippen LogP) is 2.93. The first-order valence-corrected chi connectivity index (χ1v) is 8.85. The average Bonchev–Trinajstić information content (AvgIpc) is 2.94. The van der Waals surface area contributed by atoms with Crippen LogP contribution in [0.4, 0.5) is 0 Å². The Morgan fingerprint density at radius 1 is 1.19 bits per heavy atom. The molecule has 0 saturated carbocycles. The van der Waals surface area contributed by atoms with Crippen molar-refractivity contribution < 1.29 is 19.1 Å². The summed E-state index contributed by atoms with van der Waals surface area (Å²) in [6.07, 6.45) is 1.90. The number of hydrogen-bond acceptors (Lipinski definition) is 4. The second-order valence-electron chi connectivity index (χ2n) is 6.87. The number of fused-ring (bicyclic) bond motifs is 2. The molecule has 5 heteroatoms. The molecule has 0 N–H and O–H groups in total. The van der Waals surface area contributed by atoms with E-state index >= 15 is 0 Å². The summed E-state index contributed by atoms with van der Waals surface area (Å²) in [5, 5.41) is 0. The third-order valence-corrected chi connectivity index (χ3v) is 5.25. The number of methoxy groups -OCH3 is 1. The molecule has 0 bridgehead atoms. The van der Waals surface area contributed by atoms with E-state index in [2.05, 4.69) is 0 Å². The van der Waals surface area contributed by atoms with E-state index < -0.39 is 5.60 Å². The van der Waals surface area contributed by atoms with E-state index in [1.165, 1.54) is 0 Å². The number of benzene rings is 2. The summed E-state index contributed by atoms with van der Waals surface area (Å²) in [5.74, 6) is 0.535. The Morgan fingerprint density at radius 2 is 1.96 bits per heavy atom. The van der Waals surface area contributed by atoms with Gasteiger partial charge in [-0.1, -0.05) is 30.3 Å². The lowest BCUT2D eigenvalue weighted by molar-refractivity contribution is -0.138. The molecule has 1 spiro atoms. The molecule has 5 nitrogen and oxygen atoms in total. The van der Waals surface area contributed by atoms with Gasteiger partial charge in [0.2, 0.25) is 5.91 Å². The summed E-state index contributed by atoms with van der Waals surface area (Å²) in [6, 6.07) is 15.0. The Labute approximate surface area is 152 Å². The van der Waals surface area contributed by atoms with Crippen molar-refractivity contribution in [1.29, 1.82) is 0 Å². The molecule has 2 aromatic rings. The van der Waals surface area contributed by atoms with Crippen molar-refractivity contribution in [3.8, 4) is 5.75 Å². The number of carbonyl (C=O) groups excluding carboxylic acids is 2. The normalized spacial score (nSPS) is 21.4. The molecular weight excluding hydrogens is 330 g/mol. The first-order valence-electron chi connectivity index (χ1n) is 8.85. The molecule has 0 radical (unpaired) electrons. The minimum atomic E-state index is -0.693. The van der Waals surface area contributed by atoms with Crippen LogP contribution >= 0.6 is 0 Å². The number of carbonyl (C=O) groups is 2. The molecule has 2 heterocycles. The van der Waals surface area contributed by atoms with Gasteiger partial charge >= 0.3 is 5.97 Å². The van der Waals surface area contributed by atoms with Gasteiger partial charge in [-0.25, -0.2) is 4.79 Å². The van der Waals surface area contributed by atoms with Crippen LogP contribution in [0.15, 0.2) is 48.5 Å². The summed E-state index contributed by atoms with van der Waals surface area (Å²) in [5.41, 5.74) is 1.78. The number of esters is 1. The summed E-state index contributed by atoms with van der Waals surface area (Å²) < 4.78 is 10.9. The Hall–Kier alpha value is -2.82. The van der Waals surface area contributed by atoms with E-state index in [9.17, 15) is 9.59 Å². The second-order valence-corrected chi connectivity index (χ2v) is 6.87. The van der Waals surface area contributed by atoms with Crippen LogP contribution in [0.1, 0.15) is 34.3 Å². The summed E-state index contributed by atoms with van der Waals surface area (Å²) in [4.78, 5) is 26.9. The lowest BCUT2D eigenvalue weighted by Gasteiger charge is -2.39. The fraction of sp³-hybridized carbons (Fsp3) is 0.333. The molecule has 2 aliphatic rings. The van der Waals surface area contributed by atoms with E-state index in [1.807, 2.05) is 47.4 Å². The second kappa shape index (κ2) is 6.48. The number of hydrogen-bond donors (Lipinski definition) is 0. The standard InChI is InChI=1S/C21H21NO4/c1-25-16-9-7-15(8-10-16)13-19(23)22-12-4-11-21(14-22)18-6-3-2-5-17(18)20(24)26-21/h2-3,5-10H,4,11-14H2,1H3. The van der Waals surface area contributed by atoms with Crippen molar-refractivity contribution in [3.05, 3.63) is 65.2 Å². The van der Waals surface area contributed by atoms with Crippen molar-refractivity contribution >= 4 is 11.9 Å². The number of ether oxygens (including phenoxy) is 2. The number of rotatable bonds is 3. The number of nitrogens with zero attached hydrogens (tertiary/aromatic N) is 1. The molecule has 1 unspecified atom stereocenters. The summed E-state index contributed by atoms with van der Waals surface area (Å²) >= 11 is 0. The van der Waals surface area contributed by atoms with E-state index in [0.717, 1.165) is 29.7 Å². The largest absolute Gasteiger partial charge is 0.497 e. The molecule has 1 atom stereocenters. The van der Waals surface area contributed by atoms with Crippen molar-refractivity contribution in [2.24, 2.45) is 0 Å². The smallest absolute Gasteiger partial charge is 0.339 e. The van der Waals surface area contributed by atoms with E-state index in [1.54, 1.807) is 13.2 Å². The summed E-state index contributed by atoms with van der Waals surface area (Å²) in [7, 11) is 1.62. The quantitative estimate of drug-likeness (QED) is 0.798. The molecule has 2 aliphatic heterocycles. The lowest BCUT2D eigenvalue weighted by Crippen LogP contribution is -2.49. The van der Waals surface area contributed by atoms with Crippen molar-refractivity contribution in [2.75, 3.05) is 20.2 Å². The molecule has 1 amide bonds. The zero-order valence-electron chi connectivity index (χ0n) is 14.7. The molecule has 0 aliphatic carbocycles. The zero-order chi connectivity index (χ0) is 18.1. The molecule has 134 valence electrons. The third-order valence-electron chi connectivity index (χ3n) is 5.25. The molecule has 0 aromatic heterocycles. The topological polar surface area (TPSA) is 55.8 Å². The van der Waals surface area contributed by atoms with Gasteiger partial charge in [-0.05, 0) is 36.6 Å². The van der Waals surface area contributed by atoms with Crippen LogP contribution in [-0.4, -0.2) is 37.0 Å². The average molecular weight is 351 g/mol. The van der Waals surface area contributed by atoms with Gasteiger partial charge in [0.25, 0.3) is 0 Å². The van der Waals surface area contributed by atoms with Crippen LogP contribution in [0, 0.1) is 0 Å². The fourth-order valence-electron chi connectivity index (χ4n) is 3.91. The first-order chi connectivity index (χ1) is 12.6. The van der Waals surface area contributed by atoms with E-state index in [0.29, 0.717) is 25.1 Å². The third kappa shape index (κ3) is 2.83. The van der Waals surface area contributed by atoms with Crippen LogP contribution in [0.5, 0.6) is 5.75 Å². The first kappa shape index (κ1) is 16.6. The van der Waals surface area contributed by atoms with Crippen LogP contribution in [0.2, 0.25) is 0 Å². The Balaban J connectivity index is 1.52. The van der Waals surface area contributed by atoms with Gasteiger partial charge in [0, 0.05) is 12.1 Å². The van der Waals surface area contributed by atoms with Crippen molar-refractivity contribution in [3.63, 3.8) is 0 Å². The van der Waals surface area contributed by atoms with Gasteiger partial charge in [0.1, 0.15) is 5.75 Å². The van der Waals surface area contributed by atoms with Crippen LogP contribution < -0.4 is 4.74 Å². The van der Waals surface area contributed by atoms with Gasteiger partial charge in [0.05, 0.1) is 25.6 Å². The Bertz CT molecular complexity index is 845. The van der Waals surface area contributed by atoms with Crippen LogP contribution in [-0.2, 0) is 21.6 Å². The van der Waals surface area contributed by atoms with Crippen LogP contribution in [0.25, 0.3) is 0 Å². The minimum absolute atomic E-state index is 0.0506. The number of amides is 1. The monoisotopic (exact) mass is 351 g/mol. The van der Waals surface area contributed by atoms with Gasteiger partial charge in [-0.15, -0.1) is 0 Å². The molecular formula is C21H21NO4. The zero-order valence-corrected chi connectivity index (χ0v) is 14.7. The van der Waals surface area contributed by atoms with Crippen LogP contribution in [0.3, 0.4) is 0 Å². The highest BCUT2D eigenvalue weighted by molar-refractivity contribution is 5.95. The van der Waals surface area contributed by atoms with Crippen molar-refractivity contribution in [2.45, 2.75) is 24.9 Å². The maximum atomic E-state index is 12.8. The molecule has 26 heavy (non-hydrogen) atoms. The number of piperidine rings is 1. The van der Waals surface area contributed by atoms with E-state index in [4.69, 9.17) is 9.47 Å². The SMILES string of the molecule is COc1ccc(CC(=O)N2CCCC3(C2)OC(=O)c2ccccc23)cc1. The summed E-state index contributed by atoms with van der Waals surface area (Å²) in [6.45, 7) is 1.11. The highest BCUT2D eigenvalue weighted by Crippen LogP contribution is 2.42. The molecule has 4 rings (SSSR count). The molecule has 2 aromatic carbocycles. The highest BCUT2D eigenvalue weighted by atomic mass is 16.6. The maximum Gasteiger partial charge on any atom is 0.339 e. The molecule has 1 saturated heterocycles. The predicted molar refractivity (Wildman–Crippen MR) is 96.0 cm³/mol.